The molecule has 0 heterocycles. The zero-order chi connectivity index (χ0) is 38.5. The van der Waals surface area contributed by atoms with Crippen LogP contribution in [0.25, 0.3) is 66.1 Å². The molecule has 0 fully saturated rings. The zero-order valence-corrected chi connectivity index (χ0v) is 32.8. The van der Waals surface area contributed by atoms with Crippen molar-refractivity contribution in [2.24, 2.45) is 0 Å². The quantitative estimate of drug-likeness (QED) is 0.170. The summed E-state index contributed by atoms with van der Waals surface area (Å²) in [4.78, 5) is 2.52. The minimum atomic E-state index is -0.129. The van der Waals surface area contributed by atoms with Gasteiger partial charge in [0.2, 0.25) is 0 Å². The van der Waals surface area contributed by atoms with Gasteiger partial charge in [0.1, 0.15) is 0 Å². The van der Waals surface area contributed by atoms with Gasteiger partial charge < -0.3 is 4.90 Å². The third kappa shape index (κ3) is 5.15. The molecule has 2 aliphatic rings. The van der Waals surface area contributed by atoms with Gasteiger partial charge in [0.05, 0.1) is 5.69 Å². The maximum atomic E-state index is 2.52. The standard InChI is InChI=1S/C56H43N/c1-55(2)50-19-11-9-17-45(50)47-28-26-43(34-52(47)55)57(44-27-29-48-46-18-10-12-20-51(46)56(3,4)53(48)35-44)54-30-25-41(40-23-21-36-13-5-7-15-38(36)31-40)33-49(54)42-24-22-37-14-6-8-16-39(37)32-42/h5-35H,1-4H3. The molecular weight excluding hydrogens is 687 g/mol. The van der Waals surface area contributed by atoms with Crippen LogP contribution in [-0.4, -0.2) is 0 Å². The first kappa shape index (κ1) is 33.6. The summed E-state index contributed by atoms with van der Waals surface area (Å²) in [6.07, 6.45) is 0. The first-order valence-corrected chi connectivity index (χ1v) is 20.2. The van der Waals surface area contributed by atoms with Crippen molar-refractivity contribution in [2.75, 3.05) is 4.90 Å². The van der Waals surface area contributed by atoms with Gasteiger partial charge in [-0.2, -0.15) is 0 Å². The highest BCUT2D eigenvalue weighted by Gasteiger charge is 2.38. The molecule has 0 aliphatic heterocycles. The first-order valence-electron chi connectivity index (χ1n) is 20.2. The van der Waals surface area contributed by atoms with Gasteiger partial charge in [0.15, 0.2) is 0 Å². The van der Waals surface area contributed by atoms with E-state index in [0.29, 0.717) is 0 Å². The van der Waals surface area contributed by atoms with E-state index in [1.54, 1.807) is 0 Å². The fourth-order valence-corrected chi connectivity index (χ4v) is 9.96. The Balaban J connectivity index is 1.17. The van der Waals surface area contributed by atoms with Gasteiger partial charge in [0.25, 0.3) is 0 Å². The second-order valence-electron chi connectivity index (χ2n) is 17.0. The van der Waals surface area contributed by atoms with Crippen LogP contribution in [0, 0.1) is 0 Å². The lowest BCUT2D eigenvalue weighted by molar-refractivity contribution is 0.660. The summed E-state index contributed by atoms with van der Waals surface area (Å²) in [5, 5.41) is 4.97. The van der Waals surface area contributed by atoms with E-state index in [1.165, 1.54) is 88.3 Å². The molecule has 0 bridgehead atoms. The van der Waals surface area contributed by atoms with E-state index in [2.05, 4.69) is 221 Å². The molecule has 0 atom stereocenters. The summed E-state index contributed by atoms with van der Waals surface area (Å²) < 4.78 is 0. The van der Waals surface area contributed by atoms with E-state index < -0.39 is 0 Å². The molecule has 2 aliphatic carbocycles. The van der Waals surface area contributed by atoms with E-state index >= 15 is 0 Å². The topological polar surface area (TPSA) is 3.24 Å². The Hall–Kier alpha value is -6.70. The summed E-state index contributed by atoms with van der Waals surface area (Å²) in [5.41, 5.74) is 18.8. The van der Waals surface area contributed by atoms with Gasteiger partial charge in [-0.05, 0) is 131 Å². The number of benzene rings is 9. The Morgan fingerprint density at radius 1 is 0.298 bits per heavy atom. The van der Waals surface area contributed by atoms with Gasteiger partial charge in [-0.15, -0.1) is 0 Å². The maximum absolute atomic E-state index is 2.52. The lowest BCUT2D eigenvalue weighted by Crippen LogP contribution is -2.18. The van der Waals surface area contributed by atoms with Crippen molar-refractivity contribution < 1.29 is 0 Å². The van der Waals surface area contributed by atoms with E-state index in [-0.39, 0.29) is 10.8 Å². The molecule has 0 saturated heterocycles. The highest BCUT2D eigenvalue weighted by molar-refractivity contribution is 5.97. The van der Waals surface area contributed by atoms with Crippen LogP contribution in [0.3, 0.4) is 0 Å². The molecule has 0 spiro atoms. The highest BCUT2D eigenvalue weighted by atomic mass is 15.1. The fourth-order valence-electron chi connectivity index (χ4n) is 9.96. The molecule has 0 amide bonds. The number of hydrogen-bond acceptors (Lipinski definition) is 1. The Morgan fingerprint density at radius 3 is 1.28 bits per heavy atom. The summed E-state index contributed by atoms with van der Waals surface area (Å²) >= 11 is 0. The summed E-state index contributed by atoms with van der Waals surface area (Å²) in [7, 11) is 0. The van der Waals surface area contributed by atoms with Crippen LogP contribution in [-0.2, 0) is 10.8 Å². The molecule has 57 heavy (non-hydrogen) atoms. The second-order valence-corrected chi connectivity index (χ2v) is 17.0. The van der Waals surface area contributed by atoms with Gasteiger partial charge in [-0.25, -0.2) is 0 Å². The van der Waals surface area contributed by atoms with Crippen LogP contribution < -0.4 is 4.90 Å². The molecule has 0 saturated carbocycles. The lowest BCUT2D eigenvalue weighted by Gasteiger charge is -2.31. The molecule has 272 valence electrons. The molecule has 0 N–H and O–H groups in total. The van der Waals surface area contributed by atoms with Crippen molar-refractivity contribution in [2.45, 2.75) is 38.5 Å². The predicted octanol–water partition coefficient (Wildman–Crippen LogP) is 15.4. The van der Waals surface area contributed by atoms with Crippen LogP contribution in [0.4, 0.5) is 17.1 Å². The van der Waals surface area contributed by atoms with Crippen molar-refractivity contribution in [3.63, 3.8) is 0 Å². The Morgan fingerprint density at radius 2 is 0.719 bits per heavy atom. The fraction of sp³-hybridized carbons (Fsp3) is 0.107. The van der Waals surface area contributed by atoms with Gasteiger partial charge >= 0.3 is 0 Å². The monoisotopic (exact) mass is 729 g/mol. The summed E-state index contributed by atoms with van der Waals surface area (Å²) in [6.45, 7) is 9.50. The minimum Gasteiger partial charge on any atom is -0.310 e. The largest absolute Gasteiger partial charge is 0.310 e. The van der Waals surface area contributed by atoms with Crippen molar-refractivity contribution >= 4 is 38.6 Å². The van der Waals surface area contributed by atoms with Gasteiger partial charge in [-0.3, -0.25) is 0 Å². The average molecular weight is 730 g/mol. The second kappa shape index (κ2) is 12.4. The smallest absolute Gasteiger partial charge is 0.0540 e. The lowest BCUT2D eigenvalue weighted by atomic mass is 9.82. The summed E-state index contributed by atoms with van der Waals surface area (Å²) in [6, 6.07) is 70.4. The molecule has 0 unspecified atom stereocenters. The average Bonchev–Trinajstić information content (AvgIpc) is 3.62. The van der Waals surface area contributed by atoms with Crippen molar-refractivity contribution in [3.8, 4) is 44.5 Å². The van der Waals surface area contributed by atoms with Crippen molar-refractivity contribution in [1.29, 1.82) is 0 Å². The van der Waals surface area contributed by atoms with Gasteiger partial charge in [-0.1, -0.05) is 167 Å². The normalized spacial score (nSPS) is 14.2. The number of fused-ring (bicyclic) bond motifs is 8. The number of hydrogen-bond donors (Lipinski definition) is 0. The number of rotatable bonds is 5. The molecule has 0 aromatic heterocycles. The molecular formula is C56H43N. The third-order valence-corrected chi connectivity index (χ3v) is 13.0. The molecule has 1 nitrogen and oxygen atoms in total. The number of nitrogens with zero attached hydrogens (tertiary/aromatic N) is 1. The van der Waals surface area contributed by atoms with E-state index in [0.717, 1.165) is 17.1 Å². The van der Waals surface area contributed by atoms with E-state index in [1.807, 2.05) is 0 Å². The van der Waals surface area contributed by atoms with Crippen LogP contribution in [0.5, 0.6) is 0 Å². The Labute approximate surface area is 335 Å². The maximum Gasteiger partial charge on any atom is 0.0540 e. The van der Waals surface area contributed by atoms with Crippen molar-refractivity contribution in [3.05, 3.63) is 210 Å². The minimum absolute atomic E-state index is 0.129. The molecule has 0 radical (unpaired) electrons. The van der Waals surface area contributed by atoms with Crippen LogP contribution in [0.2, 0.25) is 0 Å². The number of anilines is 3. The van der Waals surface area contributed by atoms with Crippen molar-refractivity contribution in [1.82, 2.24) is 0 Å². The highest BCUT2D eigenvalue weighted by Crippen LogP contribution is 2.54. The van der Waals surface area contributed by atoms with Crippen LogP contribution >= 0.6 is 0 Å². The molecule has 9 aromatic rings. The first-order chi connectivity index (χ1) is 27.8. The van der Waals surface area contributed by atoms with Gasteiger partial charge in [0, 0.05) is 27.8 Å². The molecule has 9 aromatic carbocycles. The third-order valence-electron chi connectivity index (χ3n) is 13.0. The molecule has 11 rings (SSSR count). The van der Waals surface area contributed by atoms with Crippen LogP contribution in [0.15, 0.2) is 188 Å². The Bertz CT molecular complexity index is 2980. The SMILES string of the molecule is CC1(C)c2ccccc2-c2ccc(N(c3ccc4c(c3)C(C)(C)c3ccccc3-4)c3ccc(-c4ccc5ccccc5c4)cc3-c3ccc4ccccc4c3)cc21. The summed E-state index contributed by atoms with van der Waals surface area (Å²) in [5.74, 6) is 0. The molecule has 1 heteroatoms. The van der Waals surface area contributed by atoms with Crippen LogP contribution in [0.1, 0.15) is 49.9 Å². The Kier molecular flexibility index (Phi) is 7.32. The van der Waals surface area contributed by atoms with E-state index in [4.69, 9.17) is 0 Å². The van der Waals surface area contributed by atoms with E-state index in [9.17, 15) is 0 Å². The predicted molar refractivity (Wildman–Crippen MR) is 242 cm³/mol. The zero-order valence-electron chi connectivity index (χ0n) is 32.8.